The molecule has 4 heteroatoms. The van der Waals surface area contributed by atoms with Crippen molar-refractivity contribution in [1.82, 2.24) is 5.32 Å². The van der Waals surface area contributed by atoms with E-state index in [4.69, 9.17) is 5.73 Å². The van der Waals surface area contributed by atoms with Crippen molar-refractivity contribution < 1.29 is 4.79 Å². The molecule has 1 unspecified atom stereocenters. The monoisotopic (exact) mass is 323 g/mol. The molecule has 1 aliphatic rings. The molecule has 1 fully saturated rings. The van der Waals surface area contributed by atoms with Crippen molar-refractivity contribution in [2.45, 2.75) is 31.8 Å². The molecule has 2 aromatic rings. The van der Waals surface area contributed by atoms with E-state index in [1.807, 2.05) is 54.3 Å². The van der Waals surface area contributed by atoms with E-state index in [-0.39, 0.29) is 18.0 Å². The van der Waals surface area contributed by atoms with E-state index in [1.165, 1.54) is 11.1 Å². The standard InChI is InChI=1S/C20H25N3O/c1-15-7-11-18(12-8-15)23-14-19(20(23)24)22-13-17(21)10-9-16-5-3-2-4-6-16/h2-8,11-12,17,19,22H,9-10,13-14,21H2,1H3/t17?,19-/m1/s1. The summed E-state index contributed by atoms with van der Waals surface area (Å²) in [6.45, 7) is 3.43. The zero-order valence-corrected chi connectivity index (χ0v) is 14.1. The zero-order valence-electron chi connectivity index (χ0n) is 14.1. The molecule has 0 radical (unpaired) electrons. The van der Waals surface area contributed by atoms with Crippen molar-refractivity contribution >= 4 is 11.6 Å². The molecule has 3 rings (SSSR count). The summed E-state index contributed by atoms with van der Waals surface area (Å²) in [7, 11) is 0. The summed E-state index contributed by atoms with van der Waals surface area (Å²) in [4.78, 5) is 14.1. The molecule has 24 heavy (non-hydrogen) atoms. The number of amides is 1. The van der Waals surface area contributed by atoms with E-state index < -0.39 is 0 Å². The first kappa shape index (κ1) is 16.7. The molecule has 0 aromatic heterocycles. The highest BCUT2D eigenvalue weighted by molar-refractivity contribution is 6.04. The summed E-state index contributed by atoms with van der Waals surface area (Å²) in [5.74, 6) is 0.133. The fourth-order valence-corrected chi connectivity index (χ4v) is 2.93. The number of hydrogen-bond donors (Lipinski definition) is 2. The van der Waals surface area contributed by atoms with Crippen LogP contribution in [0.1, 0.15) is 17.5 Å². The Morgan fingerprint density at radius 1 is 1.17 bits per heavy atom. The molecule has 1 aliphatic heterocycles. The molecule has 2 atom stereocenters. The zero-order chi connectivity index (χ0) is 16.9. The average Bonchev–Trinajstić information content (AvgIpc) is 2.61. The summed E-state index contributed by atoms with van der Waals surface area (Å²) < 4.78 is 0. The largest absolute Gasteiger partial charge is 0.327 e. The van der Waals surface area contributed by atoms with E-state index in [2.05, 4.69) is 17.4 Å². The van der Waals surface area contributed by atoms with Crippen LogP contribution >= 0.6 is 0 Å². The van der Waals surface area contributed by atoms with E-state index in [0.29, 0.717) is 13.1 Å². The molecule has 1 heterocycles. The normalized spacial score (nSPS) is 18.3. The van der Waals surface area contributed by atoms with Gasteiger partial charge in [-0.05, 0) is 37.5 Å². The number of rotatable bonds is 7. The van der Waals surface area contributed by atoms with E-state index in [1.54, 1.807) is 0 Å². The first-order valence-corrected chi connectivity index (χ1v) is 8.54. The lowest BCUT2D eigenvalue weighted by Gasteiger charge is -2.39. The summed E-state index contributed by atoms with van der Waals surface area (Å²) in [6, 6.07) is 18.4. The Bertz CT molecular complexity index is 669. The Hall–Kier alpha value is -2.17. The predicted molar refractivity (Wildman–Crippen MR) is 98.1 cm³/mol. The lowest BCUT2D eigenvalue weighted by atomic mass is 10.0. The van der Waals surface area contributed by atoms with Crippen molar-refractivity contribution in [2.75, 3.05) is 18.0 Å². The van der Waals surface area contributed by atoms with Gasteiger partial charge in [-0.15, -0.1) is 0 Å². The van der Waals surface area contributed by atoms with Crippen LogP contribution in [0.2, 0.25) is 0 Å². The van der Waals surface area contributed by atoms with Crippen LogP contribution < -0.4 is 16.0 Å². The minimum Gasteiger partial charge on any atom is -0.327 e. The Kier molecular flexibility index (Phi) is 5.28. The summed E-state index contributed by atoms with van der Waals surface area (Å²) in [6.07, 6.45) is 1.89. The van der Waals surface area contributed by atoms with Crippen molar-refractivity contribution in [3.05, 3.63) is 65.7 Å². The highest BCUT2D eigenvalue weighted by Crippen LogP contribution is 2.22. The van der Waals surface area contributed by atoms with Crippen molar-refractivity contribution in [2.24, 2.45) is 5.73 Å². The quantitative estimate of drug-likeness (QED) is 0.769. The molecule has 3 N–H and O–H groups in total. The molecule has 0 bridgehead atoms. The van der Waals surface area contributed by atoms with Gasteiger partial charge in [0, 0.05) is 18.3 Å². The van der Waals surface area contributed by atoms with Gasteiger partial charge in [0.15, 0.2) is 0 Å². The molecule has 126 valence electrons. The first-order valence-electron chi connectivity index (χ1n) is 8.54. The number of hydrogen-bond acceptors (Lipinski definition) is 3. The third-order valence-corrected chi connectivity index (χ3v) is 4.55. The van der Waals surface area contributed by atoms with Crippen LogP contribution in [0.15, 0.2) is 54.6 Å². The van der Waals surface area contributed by atoms with Gasteiger partial charge in [-0.3, -0.25) is 4.79 Å². The van der Waals surface area contributed by atoms with E-state index in [0.717, 1.165) is 18.5 Å². The van der Waals surface area contributed by atoms with Crippen LogP contribution in [0.25, 0.3) is 0 Å². The summed E-state index contributed by atoms with van der Waals surface area (Å²) in [5, 5.41) is 3.30. The van der Waals surface area contributed by atoms with Crippen LogP contribution in [0.3, 0.4) is 0 Å². The van der Waals surface area contributed by atoms with Gasteiger partial charge in [-0.2, -0.15) is 0 Å². The van der Waals surface area contributed by atoms with Gasteiger partial charge < -0.3 is 16.0 Å². The molecule has 1 saturated heterocycles. The molecular weight excluding hydrogens is 298 g/mol. The summed E-state index contributed by atoms with van der Waals surface area (Å²) in [5.41, 5.74) is 9.64. The van der Waals surface area contributed by atoms with Gasteiger partial charge >= 0.3 is 0 Å². The number of carbonyl (C=O) groups excluding carboxylic acids is 1. The smallest absolute Gasteiger partial charge is 0.246 e. The van der Waals surface area contributed by atoms with Crippen molar-refractivity contribution in [1.29, 1.82) is 0 Å². The van der Waals surface area contributed by atoms with E-state index >= 15 is 0 Å². The van der Waals surface area contributed by atoms with Gasteiger partial charge in [-0.1, -0.05) is 48.0 Å². The maximum Gasteiger partial charge on any atom is 0.246 e. The first-order chi connectivity index (χ1) is 11.6. The molecule has 0 spiro atoms. The number of nitrogens with one attached hydrogen (secondary N) is 1. The van der Waals surface area contributed by atoms with Crippen molar-refractivity contribution in [3.63, 3.8) is 0 Å². The molecule has 0 aliphatic carbocycles. The highest BCUT2D eigenvalue weighted by atomic mass is 16.2. The van der Waals surface area contributed by atoms with Gasteiger partial charge in [0.1, 0.15) is 6.04 Å². The fourth-order valence-electron chi connectivity index (χ4n) is 2.93. The van der Waals surface area contributed by atoms with Gasteiger partial charge in [0.05, 0.1) is 6.54 Å². The second-order valence-corrected chi connectivity index (χ2v) is 6.53. The van der Waals surface area contributed by atoms with Crippen LogP contribution in [-0.2, 0) is 11.2 Å². The van der Waals surface area contributed by atoms with E-state index in [9.17, 15) is 4.79 Å². The third kappa shape index (κ3) is 4.02. The molecule has 4 nitrogen and oxygen atoms in total. The lowest BCUT2D eigenvalue weighted by molar-refractivity contribution is -0.124. The Labute approximate surface area is 143 Å². The minimum atomic E-state index is -0.103. The Morgan fingerprint density at radius 2 is 1.88 bits per heavy atom. The second-order valence-electron chi connectivity index (χ2n) is 6.53. The number of nitrogens with zero attached hydrogens (tertiary/aromatic N) is 1. The predicted octanol–water partition coefficient (Wildman–Crippen LogP) is 2.26. The highest BCUT2D eigenvalue weighted by Gasteiger charge is 2.37. The van der Waals surface area contributed by atoms with Gasteiger partial charge in [0.2, 0.25) is 5.91 Å². The SMILES string of the molecule is Cc1ccc(N2C[C@@H](NCC(N)CCc3ccccc3)C2=O)cc1. The second kappa shape index (κ2) is 7.60. The molecule has 1 amide bonds. The third-order valence-electron chi connectivity index (χ3n) is 4.55. The number of benzene rings is 2. The number of β-lactam (4-membered cyclic amide) rings is 1. The van der Waals surface area contributed by atoms with Crippen molar-refractivity contribution in [3.8, 4) is 0 Å². The Morgan fingerprint density at radius 3 is 2.54 bits per heavy atom. The molecule has 2 aromatic carbocycles. The number of nitrogens with two attached hydrogens (primary N) is 1. The Balaban J connectivity index is 1.40. The minimum absolute atomic E-state index is 0.0615. The molecular formula is C20H25N3O. The topological polar surface area (TPSA) is 58.4 Å². The van der Waals surface area contributed by atoms with Crippen LogP contribution in [-0.4, -0.2) is 31.1 Å². The van der Waals surface area contributed by atoms with Crippen LogP contribution in [0, 0.1) is 6.92 Å². The maximum absolute atomic E-state index is 12.3. The van der Waals surface area contributed by atoms with Crippen LogP contribution in [0.4, 0.5) is 5.69 Å². The lowest BCUT2D eigenvalue weighted by Crippen LogP contribution is -2.64. The number of anilines is 1. The van der Waals surface area contributed by atoms with Gasteiger partial charge in [-0.25, -0.2) is 0 Å². The number of carbonyl (C=O) groups is 1. The number of aryl methyl sites for hydroxylation is 2. The fraction of sp³-hybridized carbons (Fsp3) is 0.350. The van der Waals surface area contributed by atoms with Gasteiger partial charge in [0.25, 0.3) is 0 Å². The molecule has 0 saturated carbocycles. The van der Waals surface area contributed by atoms with Crippen LogP contribution in [0.5, 0.6) is 0 Å². The summed E-state index contributed by atoms with van der Waals surface area (Å²) >= 11 is 0. The average molecular weight is 323 g/mol. The maximum atomic E-state index is 12.3.